The number of carbonyl (C=O) groups excluding carboxylic acids is 2. The fraction of sp³-hybridized carbons (Fsp3) is 0.333. The highest BCUT2D eigenvalue weighted by molar-refractivity contribution is 7.91. The molecule has 1 aromatic rings. The number of nitrogens with zero attached hydrogens (tertiary/aromatic N) is 1. The number of nitro benzene ring substituents is 1. The number of sulfone groups is 1. The third-order valence-corrected chi connectivity index (χ3v) is 5.26. The number of hydrogen-bond donors (Lipinski definition) is 2. The molecule has 2 rings (SSSR count). The predicted octanol–water partition coefficient (Wildman–Crippen LogP) is 0.490. The van der Waals surface area contributed by atoms with Gasteiger partial charge in [-0.25, -0.2) is 8.42 Å². The quantitative estimate of drug-likeness (QED) is 0.457. The minimum Gasteiger partial charge on any atom is -0.344 e. The molecular formula is C12H12ClN3O6S. The Morgan fingerprint density at radius 1 is 1.30 bits per heavy atom. The van der Waals surface area contributed by atoms with E-state index in [2.05, 4.69) is 10.6 Å². The fourth-order valence-corrected chi connectivity index (χ4v) is 3.94. The number of halogens is 1. The van der Waals surface area contributed by atoms with E-state index in [1.807, 2.05) is 0 Å². The van der Waals surface area contributed by atoms with Gasteiger partial charge in [0.2, 0.25) is 0 Å². The molecule has 1 aliphatic rings. The van der Waals surface area contributed by atoms with Gasteiger partial charge in [-0.2, -0.15) is 0 Å². The van der Waals surface area contributed by atoms with Crippen LogP contribution in [0.5, 0.6) is 0 Å². The van der Waals surface area contributed by atoms with Crippen LogP contribution in [0.2, 0.25) is 5.02 Å². The van der Waals surface area contributed by atoms with E-state index >= 15 is 0 Å². The highest BCUT2D eigenvalue weighted by Crippen LogP contribution is 2.27. The molecule has 0 saturated carbocycles. The van der Waals surface area contributed by atoms with Crippen LogP contribution in [0.1, 0.15) is 6.42 Å². The Morgan fingerprint density at radius 2 is 2.00 bits per heavy atom. The maximum atomic E-state index is 11.8. The highest BCUT2D eigenvalue weighted by Gasteiger charge is 2.30. The van der Waals surface area contributed by atoms with Crippen molar-refractivity contribution in [2.24, 2.45) is 0 Å². The van der Waals surface area contributed by atoms with Gasteiger partial charge in [0, 0.05) is 17.8 Å². The second kappa shape index (κ2) is 6.50. The second-order valence-corrected chi connectivity index (χ2v) is 7.59. The topological polar surface area (TPSA) is 135 Å². The molecule has 0 aromatic heterocycles. The van der Waals surface area contributed by atoms with Crippen LogP contribution in [0.4, 0.5) is 11.4 Å². The van der Waals surface area contributed by atoms with Crippen molar-refractivity contribution in [2.45, 2.75) is 12.5 Å². The van der Waals surface area contributed by atoms with Crippen LogP contribution >= 0.6 is 11.6 Å². The Morgan fingerprint density at radius 3 is 2.57 bits per heavy atom. The van der Waals surface area contributed by atoms with E-state index in [0.717, 1.165) is 6.07 Å². The first-order valence-electron chi connectivity index (χ1n) is 6.44. The molecule has 2 amide bonds. The van der Waals surface area contributed by atoms with Gasteiger partial charge < -0.3 is 10.6 Å². The normalized spacial score (nSPS) is 19.1. The first kappa shape index (κ1) is 17.2. The van der Waals surface area contributed by atoms with E-state index in [9.17, 15) is 28.1 Å². The molecule has 1 aliphatic heterocycles. The first-order chi connectivity index (χ1) is 10.7. The molecule has 0 spiro atoms. The van der Waals surface area contributed by atoms with Crippen molar-refractivity contribution in [1.82, 2.24) is 5.32 Å². The molecule has 11 heteroatoms. The summed E-state index contributed by atoms with van der Waals surface area (Å²) in [5.74, 6) is -2.31. The summed E-state index contributed by atoms with van der Waals surface area (Å²) in [7, 11) is -3.18. The van der Waals surface area contributed by atoms with Gasteiger partial charge >= 0.3 is 11.8 Å². The molecule has 1 unspecified atom stereocenters. The Labute approximate surface area is 136 Å². The van der Waals surface area contributed by atoms with Crippen molar-refractivity contribution in [1.29, 1.82) is 0 Å². The standard InChI is InChI=1S/C12H12ClN3O6S/c13-9-2-1-7(5-10(9)16(19)20)14-11(17)12(18)15-8-3-4-23(21,22)6-8/h1-2,5,8H,3-4,6H2,(H,14,17)(H,15,18). The zero-order valence-corrected chi connectivity index (χ0v) is 13.2. The number of anilines is 1. The molecule has 1 atom stereocenters. The molecule has 1 aromatic carbocycles. The van der Waals surface area contributed by atoms with Crippen molar-refractivity contribution in [3.8, 4) is 0 Å². The average molecular weight is 362 g/mol. The fourth-order valence-electron chi connectivity index (χ4n) is 2.08. The van der Waals surface area contributed by atoms with Gasteiger partial charge in [0.05, 0.1) is 16.4 Å². The number of nitrogens with one attached hydrogen (secondary N) is 2. The van der Waals surface area contributed by atoms with E-state index in [1.165, 1.54) is 12.1 Å². The Kier molecular flexibility index (Phi) is 4.85. The van der Waals surface area contributed by atoms with E-state index in [0.29, 0.717) is 0 Å². The minimum absolute atomic E-state index is 0.0280. The van der Waals surface area contributed by atoms with E-state index in [-0.39, 0.29) is 28.6 Å². The van der Waals surface area contributed by atoms with Gasteiger partial charge in [-0.3, -0.25) is 19.7 Å². The Hall–Kier alpha value is -2.20. The van der Waals surface area contributed by atoms with Crippen molar-refractivity contribution in [3.05, 3.63) is 33.3 Å². The molecule has 1 heterocycles. The number of amides is 2. The predicted molar refractivity (Wildman–Crippen MR) is 81.9 cm³/mol. The van der Waals surface area contributed by atoms with Crippen LogP contribution in [0.25, 0.3) is 0 Å². The molecule has 1 saturated heterocycles. The molecule has 0 bridgehead atoms. The number of hydrogen-bond acceptors (Lipinski definition) is 6. The number of benzene rings is 1. The summed E-state index contributed by atoms with van der Waals surface area (Å²) in [6.45, 7) is 0. The SMILES string of the molecule is O=C(Nc1ccc(Cl)c([N+](=O)[O-])c1)C(=O)NC1CCS(=O)(=O)C1. The van der Waals surface area contributed by atoms with Gasteiger partial charge in [-0.15, -0.1) is 0 Å². The lowest BCUT2D eigenvalue weighted by Crippen LogP contribution is -2.42. The summed E-state index contributed by atoms with van der Waals surface area (Å²) in [5, 5.41) is 15.2. The second-order valence-electron chi connectivity index (χ2n) is 4.95. The molecule has 9 nitrogen and oxygen atoms in total. The number of rotatable bonds is 3. The average Bonchev–Trinajstić information content (AvgIpc) is 2.79. The van der Waals surface area contributed by atoms with E-state index in [4.69, 9.17) is 11.6 Å². The van der Waals surface area contributed by atoms with Crippen LogP contribution in [0.15, 0.2) is 18.2 Å². The van der Waals surface area contributed by atoms with Crippen LogP contribution in [-0.4, -0.2) is 42.7 Å². The van der Waals surface area contributed by atoms with Crippen molar-refractivity contribution in [2.75, 3.05) is 16.8 Å². The monoisotopic (exact) mass is 361 g/mol. The van der Waals surface area contributed by atoms with Gasteiger partial charge in [-0.05, 0) is 18.6 Å². The zero-order chi connectivity index (χ0) is 17.2. The summed E-state index contributed by atoms with van der Waals surface area (Å²) >= 11 is 5.64. The molecule has 1 fully saturated rings. The lowest BCUT2D eigenvalue weighted by molar-refractivity contribution is -0.384. The van der Waals surface area contributed by atoms with Crippen LogP contribution < -0.4 is 10.6 Å². The first-order valence-corrected chi connectivity index (χ1v) is 8.64. The maximum absolute atomic E-state index is 11.8. The highest BCUT2D eigenvalue weighted by atomic mass is 35.5. The summed E-state index contributed by atoms with van der Waals surface area (Å²) in [6.07, 6.45) is 0.244. The van der Waals surface area contributed by atoms with Gasteiger partial charge in [-0.1, -0.05) is 11.6 Å². The molecule has 2 N–H and O–H groups in total. The van der Waals surface area contributed by atoms with Gasteiger partial charge in [0.15, 0.2) is 9.84 Å². The largest absolute Gasteiger partial charge is 0.344 e. The number of carbonyl (C=O) groups is 2. The van der Waals surface area contributed by atoms with Crippen LogP contribution in [0.3, 0.4) is 0 Å². The summed E-state index contributed by atoms with van der Waals surface area (Å²) in [5.41, 5.74) is -0.382. The molecular weight excluding hydrogens is 350 g/mol. The smallest absolute Gasteiger partial charge is 0.313 e. The van der Waals surface area contributed by atoms with Gasteiger partial charge in [0.1, 0.15) is 5.02 Å². The Balaban J connectivity index is 2.00. The molecule has 0 radical (unpaired) electrons. The lowest BCUT2D eigenvalue weighted by Gasteiger charge is -2.10. The molecule has 0 aliphatic carbocycles. The third-order valence-electron chi connectivity index (χ3n) is 3.17. The third kappa shape index (κ3) is 4.39. The summed E-state index contributed by atoms with van der Waals surface area (Å²) in [6, 6.07) is 2.93. The van der Waals surface area contributed by atoms with Crippen molar-refractivity contribution in [3.63, 3.8) is 0 Å². The van der Waals surface area contributed by atoms with Crippen molar-refractivity contribution >= 4 is 44.6 Å². The van der Waals surface area contributed by atoms with E-state index < -0.39 is 38.3 Å². The minimum atomic E-state index is -3.18. The summed E-state index contributed by atoms with van der Waals surface area (Å²) in [4.78, 5) is 33.5. The Bertz CT molecular complexity index is 779. The van der Waals surface area contributed by atoms with Crippen LogP contribution in [-0.2, 0) is 19.4 Å². The molecule has 23 heavy (non-hydrogen) atoms. The lowest BCUT2D eigenvalue weighted by atomic mass is 10.2. The maximum Gasteiger partial charge on any atom is 0.313 e. The zero-order valence-electron chi connectivity index (χ0n) is 11.6. The van der Waals surface area contributed by atoms with Crippen LogP contribution in [0, 0.1) is 10.1 Å². The van der Waals surface area contributed by atoms with E-state index in [1.54, 1.807) is 0 Å². The van der Waals surface area contributed by atoms with Crippen molar-refractivity contribution < 1.29 is 22.9 Å². The van der Waals surface area contributed by atoms with Gasteiger partial charge in [0.25, 0.3) is 5.69 Å². The summed E-state index contributed by atoms with van der Waals surface area (Å²) < 4.78 is 22.6. The molecule has 124 valence electrons. The number of nitro groups is 1.